The highest BCUT2D eigenvalue weighted by atomic mass is 35.5. The smallest absolute Gasteiger partial charge is 0.239 e. The van der Waals surface area contributed by atoms with E-state index < -0.39 is 0 Å². The molecule has 1 atom stereocenters. The van der Waals surface area contributed by atoms with E-state index in [-0.39, 0.29) is 42.7 Å². The third-order valence-electron chi connectivity index (χ3n) is 3.85. The third-order valence-corrected chi connectivity index (χ3v) is 3.85. The number of amides is 2. The molecule has 0 aromatic rings. The number of halogens is 2. The van der Waals surface area contributed by atoms with Gasteiger partial charge in [-0.25, -0.2) is 0 Å². The first-order valence-corrected chi connectivity index (χ1v) is 7.33. The summed E-state index contributed by atoms with van der Waals surface area (Å²) < 4.78 is 0. The second kappa shape index (κ2) is 10.8. The Bertz CT molecular complexity index is 368. The summed E-state index contributed by atoms with van der Waals surface area (Å²) in [6, 6.07) is 0.0115. The molecule has 0 saturated carbocycles. The van der Waals surface area contributed by atoms with Gasteiger partial charge in [0.05, 0.1) is 12.6 Å². The number of rotatable bonds is 5. The van der Waals surface area contributed by atoms with Gasteiger partial charge in [0.1, 0.15) is 0 Å². The monoisotopic (exact) mass is 352 g/mol. The van der Waals surface area contributed by atoms with Gasteiger partial charge < -0.3 is 15.5 Å². The van der Waals surface area contributed by atoms with Gasteiger partial charge in [-0.1, -0.05) is 6.08 Å². The summed E-state index contributed by atoms with van der Waals surface area (Å²) in [7, 11) is 0. The van der Waals surface area contributed by atoms with Crippen molar-refractivity contribution in [1.29, 1.82) is 0 Å². The molecule has 0 radical (unpaired) electrons. The predicted octanol–water partition coefficient (Wildman–Crippen LogP) is 0.0284. The fourth-order valence-corrected chi connectivity index (χ4v) is 2.69. The van der Waals surface area contributed by atoms with Gasteiger partial charge in [0, 0.05) is 32.7 Å². The van der Waals surface area contributed by atoms with Crippen LogP contribution >= 0.6 is 24.8 Å². The number of hydrogen-bond acceptors (Lipinski definition) is 4. The summed E-state index contributed by atoms with van der Waals surface area (Å²) in [5.41, 5.74) is 0. The fourth-order valence-electron chi connectivity index (χ4n) is 2.69. The van der Waals surface area contributed by atoms with E-state index in [4.69, 9.17) is 0 Å². The Hall–Kier alpha value is -0.820. The molecule has 6 nitrogen and oxygen atoms in total. The number of hydrogen-bond donors (Lipinski definition) is 2. The van der Waals surface area contributed by atoms with E-state index in [0.29, 0.717) is 26.2 Å². The molecule has 0 aromatic heterocycles. The largest absolute Gasteiger partial charge is 0.352 e. The molecule has 2 amide bonds. The van der Waals surface area contributed by atoms with Crippen LogP contribution in [0.25, 0.3) is 0 Å². The number of carbonyl (C=O) groups excluding carboxylic acids is 2. The van der Waals surface area contributed by atoms with Crippen molar-refractivity contribution >= 4 is 36.6 Å². The van der Waals surface area contributed by atoms with Gasteiger partial charge in [0.2, 0.25) is 11.8 Å². The molecule has 0 bridgehead atoms. The van der Waals surface area contributed by atoms with Gasteiger partial charge in [-0.2, -0.15) is 0 Å². The summed E-state index contributed by atoms with van der Waals surface area (Å²) in [6.45, 7) is 8.37. The minimum atomic E-state index is 0. The van der Waals surface area contributed by atoms with Gasteiger partial charge in [0.25, 0.3) is 0 Å². The van der Waals surface area contributed by atoms with Gasteiger partial charge >= 0.3 is 0 Å². The molecule has 22 heavy (non-hydrogen) atoms. The van der Waals surface area contributed by atoms with E-state index in [1.54, 1.807) is 6.08 Å². The van der Waals surface area contributed by atoms with E-state index in [9.17, 15) is 9.59 Å². The third kappa shape index (κ3) is 6.12. The Morgan fingerprint density at radius 1 is 1.23 bits per heavy atom. The quantitative estimate of drug-likeness (QED) is 0.685. The minimum absolute atomic E-state index is 0. The number of carbonyl (C=O) groups is 2. The maximum atomic E-state index is 12.2. The summed E-state index contributed by atoms with van der Waals surface area (Å²) in [5, 5.41) is 6.01. The van der Waals surface area contributed by atoms with Crippen LogP contribution in [0.15, 0.2) is 12.7 Å². The predicted molar refractivity (Wildman–Crippen MR) is 91.7 cm³/mol. The molecular weight excluding hydrogens is 327 g/mol. The summed E-state index contributed by atoms with van der Waals surface area (Å²) >= 11 is 0. The molecule has 2 aliphatic rings. The number of piperazine rings is 1. The normalized spacial score (nSPS) is 21.5. The van der Waals surface area contributed by atoms with Crippen molar-refractivity contribution in [3.8, 4) is 0 Å². The molecule has 0 spiro atoms. The SMILES string of the molecule is C=CCNC(=O)CN1CCN(C(=O)C2CCCN2)CC1.Cl.Cl. The zero-order chi connectivity index (χ0) is 14.4. The van der Waals surface area contributed by atoms with Crippen LogP contribution in [-0.2, 0) is 9.59 Å². The van der Waals surface area contributed by atoms with Gasteiger partial charge in [-0.3, -0.25) is 14.5 Å². The van der Waals surface area contributed by atoms with Crippen LogP contribution in [0, 0.1) is 0 Å². The molecule has 1 unspecified atom stereocenters. The van der Waals surface area contributed by atoms with Gasteiger partial charge in [0.15, 0.2) is 0 Å². The molecular formula is C14H26Cl2N4O2. The topological polar surface area (TPSA) is 64.7 Å². The lowest BCUT2D eigenvalue weighted by atomic mass is 10.2. The average molecular weight is 353 g/mol. The van der Waals surface area contributed by atoms with Crippen molar-refractivity contribution in [2.75, 3.05) is 45.8 Å². The Kier molecular flexibility index (Phi) is 10.4. The van der Waals surface area contributed by atoms with E-state index in [1.807, 2.05) is 4.90 Å². The first-order valence-electron chi connectivity index (χ1n) is 7.33. The molecule has 0 aromatic carbocycles. The van der Waals surface area contributed by atoms with Crippen molar-refractivity contribution in [3.63, 3.8) is 0 Å². The standard InChI is InChI=1S/C14H24N4O2.2ClH/c1-2-5-16-13(19)11-17-7-9-18(10-8-17)14(20)12-4-3-6-15-12;;/h2,12,15H,1,3-11H2,(H,16,19);2*1H. The van der Waals surface area contributed by atoms with Crippen LogP contribution in [0.2, 0.25) is 0 Å². The number of nitrogens with zero attached hydrogens (tertiary/aromatic N) is 2. The van der Waals surface area contributed by atoms with E-state index in [1.165, 1.54) is 0 Å². The Labute approximate surface area is 144 Å². The zero-order valence-corrected chi connectivity index (χ0v) is 14.4. The van der Waals surface area contributed by atoms with E-state index in [2.05, 4.69) is 22.1 Å². The summed E-state index contributed by atoms with van der Waals surface area (Å²) in [4.78, 5) is 27.8. The molecule has 8 heteroatoms. The van der Waals surface area contributed by atoms with Crippen molar-refractivity contribution in [1.82, 2.24) is 20.4 Å². The highest BCUT2D eigenvalue weighted by Crippen LogP contribution is 2.10. The molecule has 2 fully saturated rings. The number of nitrogens with one attached hydrogen (secondary N) is 2. The van der Waals surface area contributed by atoms with Crippen LogP contribution in [-0.4, -0.2) is 73.5 Å². The van der Waals surface area contributed by atoms with Crippen LogP contribution < -0.4 is 10.6 Å². The van der Waals surface area contributed by atoms with Gasteiger partial charge in [-0.15, -0.1) is 31.4 Å². The highest BCUT2D eigenvalue weighted by molar-refractivity contribution is 5.85. The minimum Gasteiger partial charge on any atom is -0.352 e. The van der Waals surface area contributed by atoms with Crippen LogP contribution in [0.1, 0.15) is 12.8 Å². The zero-order valence-electron chi connectivity index (χ0n) is 12.8. The van der Waals surface area contributed by atoms with Crippen molar-refractivity contribution in [2.24, 2.45) is 0 Å². The Balaban J connectivity index is 0.00000220. The van der Waals surface area contributed by atoms with Crippen LogP contribution in [0.5, 0.6) is 0 Å². The maximum Gasteiger partial charge on any atom is 0.239 e. The average Bonchev–Trinajstić information content (AvgIpc) is 2.99. The molecule has 0 aliphatic carbocycles. The second-order valence-corrected chi connectivity index (χ2v) is 5.34. The first-order chi connectivity index (χ1) is 9.70. The van der Waals surface area contributed by atoms with Crippen molar-refractivity contribution in [3.05, 3.63) is 12.7 Å². The molecule has 128 valence electrons. The lowest BCUT2D eigenvalue weighted by Crippen LogP contribution is -2.54. The molecule has 2 rings (SSSR count). The fraction of sp³-hybridized carbons (Fsp3) is 0.714. The van der Waals surface area contributed by atoms with E-state index in [0.717, 1.165) is 32.5 Å². The van der Waals surface area contributed by atoms with Crippen molar-refractivity contribution in [2.45, 2.75) is 18.9 Å². The van der Waals surface area contributed by atoms with E-state index >= 15 is 0 Å². The van der Waals surface area contributed by atoms with Crippen LogP contribution in [0.4, 0.5) is 0 Å². The van der Waals surface area contributed by atoms with Crippen LogP contribution in [0.3, 0.4) is 0 Å². The maximum absolute atomic E-state index is 12.2. The van der Waals surface area contributed by atoms with Gasteiger partial charge in [-0.05, 0) is 19.4 Å². The molecule has 2 heterocycles. The molecule has 2 saturated heterocycles. The molecule has 2 aliphatic heterocycles. The Morgan fingerprint density at radius 2 is 1.91 bits per heavy atom. The highest BCUT2D eigenvalue weighted by Gasteiger charge is 2.29. The Morgan fingerprint density at radius 3 is 2.45 bits per heavy atom. The summed E-state index contributed by atoms with van der Waals surface area (Å²) in [6.07, 6.45) is 3.70. The lowest BCUT2D eigenvalue weighted by molar-refractivity contribution is -0.135. The lowest BCUT2D eigenvalue weighted by Gasteiger charge is -2.35. The first kappa shape index (κ1) is 21.2. The summed E-state index contributed by atoms with van der Waals surface area (Å²) in [5.74, 6) is 0.236. The van der Waals surface area contributed by atoms with Crippen molar-refractivity contribution < 1.29 is 9.59 Å². The molecule has 2 N–H and O–H groups in total. The second-order valence-electron chi connectivity index (χ2n) is 5.34.